The summed E-state index contributed by atoms with van der Waals surface area (Å²) < 4.78 is 1.72. The van der Waals surface area contributed by atoms with Gasteiger partial charge in [-0.25, -0.2) is 4.98 Å². The van der Waals surface area contributed by atoms with Crippen molar-refractivity contribution in [1.82, 2.24) is 4.98 Å². The molecule has 2 aromatic rings. The quantitative estimate of drug-likeness (QED) is 0.522. The number of halogens is 1. The molecule has 90 valence electrons. The molecule has 3 nitrogen and oxygen atoms in total. The first kappa shape index (κ1) is 12.7. The zero-order valence-electron chi connectivity index (χ0n) is 9.18. The number of benzene rings is 1. The maximum atomic E-state index is 11.3. The molecule has 0 saturated heterocycles. The van der Waals surface area contributed by atoms with Crippen molar-refractivity contribution in [2.24, 2.45) is 0 Å². The number of hydrogen-bond donors (Lipinski definition) is 1. The fraction of sp³-hybridized carbons (Fsp3) is 0.273. The van der Waals surface area contributed by atoms with Gasteiger partial charge in [0, 0.05) is 12.2 Å². The molecule has 0 spiro atoms. The van der Waals surface area contributed by atoms with E-state index in [1.807, 2.05) is 25.1 Å². The summed E-state index contributed by atoms with van der Waals surface area (Å²) in [4.78, 5) is 17.1. The number of aromatic nitrogens is 1. The van der Waals surface area contributed by atoms with E-state index in [-0.39, 0.29) is 0 Å². The van der Waals surface area contributed by atoms with Gasteiger partial charge in [-0.05, 0) is 36.2 Å². The van der Waals surface area contributed by atoms with Gasteiger partial charge in [-0.2, -0.15) is 0 Å². The maximum absolute atomic E-state index is 11.3. The molecule has 1 amide bonds. The molecule has 1 aromatic carbocycles. The first-order chi connectivity index (χ1) is 8.11. The Morgan fingerprint density at radius 2 is 2.35 bits per heavy atom. The molecule has 0 N–H and O–H groups in total. The number of thiol groups is 1. The van der Waals surface area contributed by atoms with Crippen LogP contribution >= 0.6 is 35.6 Å². The van der Waals surface area contributed by atoms with Crippen LogP contribution in [0.4, 0.5) is 10.5 Å². The van der Waals surface area contributed by atoms with Gasteiger partial charge < -0.3 is 0 Å². The van der Waals surface area contributed by atoms with Gasteiger partial charge in [-0.15, -0.1) is 24.0 Å². The van der Waals surface area contributed by atoms with Gasteiger partial charge in [-0.3, -0.25) is 9.69 Å². The molecule has 1 heterocycles. The SMILES string of the molecule is CCCN(C(=O)Cl)c1ccc2nc(S)sc2c1. The highest BCUT2D eigenvalue weighted by Crippen LogP contribution is 2.29. The summed E-state index contributed by atoms with van der Waals surface area (Å²) in [5, 5.41) is -0.457. The molecule has 0 aliphatic carbocycles. The topological polar surface area (TPSA) is 33.2 Å². The van der Waals surface area contributed by atoms with Crippen LogP contribution in [0.5, 0.6) is 0 Å². The van der Waals surface area contributed by atoms with E-state index in [9.17, 15) is 4.79 Å². The number of amides is 1. The lowest BCUT2D eigenvalue weighted by Crippen LogP contribution is -2.26. The summed E-state index contributed by atoms with van der Waals surface area (Å²) in [5.74, 6) is 0. The molecule has 0 radical (unpaired) electrons. The second-order valence-corrected chi connectivity index (χ2v) is 5.63. The van der Waals surface area contributed by atoms with Crippen LogP contribution in [-0.2, 0) is 0 Å². The average Bonchev–Trinajstić information content (AvgIpc) is 2.64. The maximum Gasteiger partial charge on any atom is 0.320 e. The third-order valence-corrected chi connectivity index (χ3v) is 3.73. The van der Waals surface area contributed by atoms with Crippen molar-refractivity contribution in [3.05, 3.63) is 18.2 Å². The van der Waals surface area contributed by atoms with Gasteiger partial charge in [0.25, 0.3) is 0 Å². The largest absolute Gasteiger partial charge is 0.320 e. The van der Waals surface area contributed by atoms with Crippen LogP contribution in [0.2, 0.25) is 0 Å². The van der Waals surface area contributed by atoms with Gasteiger partial charge in [-0.1, -0.05) is 6.92 Å². The molecule has 2 rings (SSSR count). The Labute approximate surface area is 114 Å². The summed E-state index contributed by atoms with van der Waals surface area (Å²) in [7, 11) is 0. The van der Waals surface area contributed by atoms with Crippen LogP contribution in [0.3, 0.4) is 0 Å². The fourth-order valence-corrected chi connectivity index (χ4v) is 2.93. The van der Waals surface area contributed by atoms with E-state index in [1.165, 1.54) is 11.3 Å². The van der Waals surface area contributed by atoms with Gasteiger partial charge in [0.1, 0.15) is 4.34 Å². The fourth-order valence-electron chi connectivity index (χ4n) is 1.61. The minimum absolute atomic E-state index is 0.457. The summed E-state index contributed by atoms with van der Waals surface area (Å²) in [5.41, 5.74) is 1.69. The van der Waals surface area contributed by atoms with Crippen molar-refractivity contribution >= 4 is 56.8 Å². The molecule has 0 saturated carbocycles. The highest BCUT2D eigenvalue weighted by molar-refractivity contribution is 7.82. The molecular weight excluding hydrogens is 276 g/mol. The Morgan fingerprint density at radius 1 is 1.59 bits per heavy atom. The van der Waals surface area contributed by atoms with E-state index < -0.39 is 5.37 Å². The predicted molar refractivity (Wildman–Crippen MR) is 75.8 cm³/mol. The van der Waals surface area contributed by atoms with Crippen molar-refractivity contribution in [3.8, 4) is 0 Å². The number of rotatable bonds is 3. The Morgan fingerprint density at radius 3 is 3.00 bits per heavy atom. The van der Waals surface area contributed by atoms with Crippen LogP contribution in [0, 0.1) is 0 Å². The number of thiazole rings is 1. The smallest absolute Gasteiger partial charge is 0.299 e. The van der Waals surface area contributed by atoms with Crippen LogP contribution in [0.15, 0.2) is 22.5 Å². The minimum Gasteiger partial charge on any atom is -0.299 e. The molecule has 0 fully saturated rings. The Bertz CT molecular complexity index is 555. The van der Waals surface area contributed by atoms with Crippen molar-refractivity contribution in [1.29, 1.82) is 0 Å². The molecule has 6 heteroatoms. The van der Waals surface area contributed by atoms with Crippen LogP contribution in [0.1, 0.15) is 13.3 Å². The predicted octanol–water partition coefficient (Wildman–Crippen LogP) is 4.16. The summed E-state index contributed by atoms with van der Waals surface area (Å²) >= 11 is 11.3. The molecule has 0 bridgehead atoms. The summed E-state index contributed by atoms with van der Waals surface area (Å²) in [6.07, 6.45) is 0.858. The highest BCUT2D eigenvalue weighted by Gasteiger charge is 2.13. The van der Waals surface area contributed by atoms with Gasteiger partial charge in [0.05, 0.1) is 10.2 Å². The van der Waals surface area contributed by atoms with Crippen LogP contribution < -0.4 is 4.90 Å². The van der Waals surface area contributed by atoms with Crippen molar-refractivity contribution in [2.75, 3.05) is 11.4 Å². The highest BCUT2D eigenvalue weighted by atomic mass is 35.5. The normalized spacial score (nSPS) is 10.8. The molecule has 1 aromatic heterocycles. The number of hydrogen-bond acceptors (Lipinski definition) is 4. The number of fused-ring (bicyclic) bond motifs is 1. The second kappa shape index (κ2) is 5.25. The van der Waals surface area contributed by atoms with Gasteiger partial charge >= 0.3 is 5.37 Å². The zero-order chi connectivity index (χ0) is 12.4. The van der Waals surface area contributed by atoms with Crippen molar-refractivity contribution < 1.29 is 4.79 Å². The number of carbonyl (C=O) groups excluding carboxylic acids is 1. The summed E-state index contributed by atoms with van der Waals surface area (Å²) in [6.45, 7) is 2.62. The van der Waals surface area contributed by atoms with E-state index in [2.05, 4.69) is 17.6 Å². The first-order valence-electron chi connectivity index (χ1n) is 5.18. The van der Waals surface area contributed by atoms with Crippen LogP contribution in [-0.4, -0.2) is 16.9 Å². The molecular formula is C11H11ClN2OS2. The second-order valence-electron chi connectivity index (χ2n) is 3.55. The zero-order valence-corrected chi connectivity index (χ0v) is 11.6. The van der Waals surface area contributed by atoms with E-state index in [0.29, 0.717) is 6.54 Å². The lowest BCUT2D eigenvalue weighted by Gasteiger charge is -2.18. The standard InChI is InChI=1S/C11H11ClN2OS2/c1-2-5-14(10(12)15)7-3-4-8-9(6-7)17-11(16)13-8/h3-4,6H,2,5H2,1H3,(H,13,16). The van der Waals surface area contributed by atoms with E-state index in [0.717, 1.165) is 26.7 Å². The van der Waals surface area contributed by atoms with Crippen LogP contribution in [0.25, 0.3) is 10.2 Å². The molecule has 0 unspecified atom stereocenters. The van der Waals surface area contributed by atoms with E-state index >= 15 is 0 Å². The summed E-state index contributed by atoms with van der Waals surface area (Å²) in [6, 6.07) is 5.65. The Kier molecular flexibility index (Phi) is 3.91. The van der Waals surface area contributed by atoms with Gasteiger partial charge in [0.15, 0.2) is 0 Å². The molecule has 0 aliphatic rings. The average molecular weight is 287 g/mol. The van der Waals surface area contributed by atoms with Gasteiger partial charge in [0.2, 0.25) is 0 Å². The third-order valence-electron chi connectivity index (χ3n) is 2.33. The minimum atomic E-state index is -0.457. The van der Waals surface area contributed by atoms with Crippen molar-refractivity contribution in [2.45, 2.75) is 17.7 Å². The number of nitrogens with zero attached hydrogens (tertiary/aromatic N) is 2. The number of anilines is 1. The lowest BCUT2D eigenvalue weighted by atomic mass is 10.2. The Hall–Kier alpha value is -0.780. The molecule has 0 aliphatic heterocycles. The molecule has 0 atom stereocenters. The third kappa shape index (κ3) is 2.73. The molecule has 17 heavy (non-hydrogen) atoms. The number of carbonyl (C=O) groups is 1. The van der Waals surface area contributed by atoms with E-state index in [1.54, 1.807) is 4.90 Å². The monoisotopic (exact) mass is 286 g/mol. The first-order valence-corrected chi connectivity index (χ1v) is 6.82. The van der Waals surface area contributed by atoms with Crippen molar-refractivity contribution in [3.63, 3.8) is 0 Å². The van der Waals surface area contributed by atoms with E-state index in [4.69, 9.17) is 11.6 Å². The lowest BCUT2D eigenvalue weighted by molar-refractivity contribution is 0.264. The Balaban J connectivity index is 2.42.